The van der Waals surface area contributed by atoms with Crippen LogP contribution in [0.5, 0.6) is 0 Å². The van der Waals surface area contributed by atoms with Gasteiger partial charge in [-0.2, -0.15) is 0 Å². The van der Waals surface area contributed by atoms with Crippen LogP contribution in [0, 0.1) is 10.1 Å². The normalized spacial score (nSPS) is 13.2. The summed E-state index contributed by atoms with van der Waals surface area (Å²) in [6.45, 7) is 1.75. The number of methoxy groups -OCH3 is 1. The zero-order valence-electron chi connectivity index (χ0n) is 10.5. The fourth-order valence-corrected chi connectivity index (χ4v) is 2.38. The van der Waals surface area contributed by atoms with E-state index in [4.69, 9.17) is 10.5 Å². The van der Waals surface area contributed by atoms with Gasteiger partial charge in [0.05, 0.1) is 15.9 Å². The van der Waals surface area contributed by atoms with Crippen LogP contribution >= 0.6 is 0 Å². The van der Waals surface area contributed by atoms with Gasteiger partial charge in [0.1, 0.15) is 5.69 Å². The maximum Gasteiger partial charge on any atom is 0.293 e. The number of benzene rings is 1. The average Bonchev–Trinajstić information content (AvgIpc) is 2.35. The first-order chi connectivity index (χ1) is 8.77. The van der Waals surface area contributed by atoms with Crippen molar-refractivity contribution < 1.29 is 18.1 Å². The summed E-state index contributed by atoms with van der Waals surface area (Å²) in [5, 5.41) is 10.7. The highest BCUT2D eigenvalue weighted by Gasteiger charge is 2.20. The van der Waals surface area contributed by atoms with E-state index in [9.17, 15) is 18.5 Å². The van der Waals surface area contributed by atoms with Gasteiger partial charge in [0.15, 0.2) is 0 Å². The molecule has 0 fully saturated rings. The Morgan fingerprint density at radius 1 is 1.53 bits per heavy atom. The highest BCUT2D eigenvalue weighted by molar-refractivity contribution is 7.89. The van der Waals surface area contributed by atoms with Gasteiger partial charge in [-0.05, 0) is 19.1 Å². The molecule has 8 nitrogen and oxygen atoms in total. The van der Waals surface area contributed by atoms with Gasteiger partial charge in [0, 0.05) is 19.7 Å². The zero-order valence-corrected chi connectivity index (χ0v) is 11.3. The van der Waals surface area contributed by atoms with Crippen LogP contribution < -0.4 is 10.5 Å². The Hall–Kier alpha value is -1.71. The van der Waals surface area contributed by atoms with Crippen molar-refractivity contribution in [2.45, 2.75) is 17.9 Å². The summed E-state index contributed by atoms with van der Waals surface area (Å²) in [4.78, 5) is 9.76. The number of nitro benzene ring substituents is 1. The lowest BCUT2D eigenvalue weighted by molar-refractivity contribution is -0.384. The number of hydrogen-bond acceptors (Lipinski definition) is 6. The second kappa shape index (κ2) is 5.95. The monoisotopic (exact) mass is 289 g/mol. The van der Waals surface area contributed by atoms with Gasteiger partial charge in [0.25, 0.3) is 5.69 Å². The molecular weight excluding hydrogens is 274 g/mol. The lowest BCUT2D eigenvalue weighted by atomic mass is 10.3. The molecule has 0 aliphatic carbocycles. The Kier molecular flexibility index (Phi) is 4.81. The average molecular weight is 289 g/mol. The number of hydrogen-bond donors (Lipinski definition) is 2. The quantitative estimate of drug-likeness (QED) is 0.446. The van der Waals surface area contributed by atoms with Crippen molar-refractivity contribution in [1.29, 1.82) is 0 Å². The fraction of sp³-hybridized carbons (Fsp3) is 0.400. The van der Waals surface area contributed by atoms with Crippen molar-refractivity contribution in [3.05, 3.63) is 28.3 Å². The molecule has 1 rings (SSSR count). The molecule has 0 spiro atoms. The van der Waals surface area contributed by atoms with Gasteiger partial charge >= 0.3 is 0 Å². The van der Waals surface area contributed by atoms with Crippen LogP contribution in [0.15, 0.2) is 23.1 Å². The van der Waals surface area contributed by atoms with E-state index >= 15 is 0 Å². The zero-order chi connectivity index (χ0) is 14.6. The third-order valence-corrected chi connectivity index (χ3v) is 3.89. The van der Waals surface area contributed by atoms with E-state index in [2.05, 4.69) is 4.72 Å². The number of sulfonamides is 1. The molecule has 106 valence electrons. The number of rotatable bonds is 6. The summed E-state index contributed by atoms with van der Waals surface area (Å²) in [6, 6.07) is 3.32. The predicted molar refractivity (Wildman–Crippen MR) is 69.2 cm³/mol. The first-order valence-electron chi connectivity index (χ1n) is 5.34. The molecule has 0 aromatic heterocycles. The Balaban J connectivity index is 3.02. The Labute approximate surface area is 110 Å². The molecular formula is C10H15N3O5S. The number of anilines is 1. The number of nitrogens with one attached hydrogen (secondary N) is 1. The van der Waals surface area contributed by atoms with Gasteiger partial charge in [-0.1, -0.05) is 0 Å². The number of nitrogens with two attached hydrogens (primary N) is 1. The molecule has 0 amide bonds. The highest BCUT2D eigenvalue weighted by atomic mass is 32.2. The van der Waals surface area contributed by atoms with E-state index in [1.54, 1.807) is 6.92 Å². The van der Waals surface area contributed by atoms with Gasteiger partial charge in [-0.15, -0.1) is 0 Å². The van der Waals surface area contributed by atoms with Gasteiger partial charge in [-0.3, -0.25) is 10.1 Å². The van der Waals surface area contributed by atoms with Gasteiger partial charge < -0.3 is 10.5 Å². The van der Waals surface area contributed by atoms with Crippen LogP contribution in [0.25, 0.3) is 0 Å². The van der Waals surface area contributed by atoms with Crippen molar-refractivity contribution in [3.8, 4) is 0 Å². The highest BCUT2D eigenvalue weighted by Crippen LogP contribution is 2.24. The second-order valence-corrected chi connectivity index (χ2v) is 5.64. The summed E-state index contributed by atoms with van der Waals surface area (Å²) in [5.41, 5.74) is 4.87. The van der Waals surface area contributed by atoms with Gasteiger partial charge in [0.2, 0.25) is 10.0 Å². The van der Waals surface area contributed by atoms with Crippen molar-refractivity contribution in [1.82, 2.24) is 4.72 Å². The summed E-state index contributed by atoms with van der Waals surface area (Å²) in [5.74, 6) is 0. The van der Waals surface area contributed by atoms with Crippen molar-refractivity contribution >= 4 is 21.4 Å². The molecule has 3 N–H and O–H groups in total. The molecule has 0 bridgehead atoms. The third-order valence-electron chi connectivity index (χ3n) is 2.47. The van der Waals surface area contributed by atoms with Crippen LogP contribution in [0.2, 0.25) is 0 Å². The van der Waals surface area contributed by atoms with Gasteiger partial charge in [-0.25, -0.2) is 13.1 Å². The number of ether oxygens (including phenoxy) is 1. The van der Waals surface area contributed by atoms with E-state index < -0.39 is 20.6 Å². The van der Waals surface area contributed by atoms with E-state index in [0.29, 0.717) is 0 Å². The lowest BCUT2D eigenvalue weighted by Gasteiger charge is -2.11. The molecule has 1 aromatic carbocycles. The molecule has 0 heterocycles. The standard InChI is InChI=1S/C10H15N3O5S/c1-7(18-2)6-12-19(16,17)8-3-4-9(11)10(5-8)13(14)15/h3-5,7,12H,6,11H2,1-2H3. The van der Waals surface area contributed by atoms with Crippen LogP contribution in [0.3, 0.4) is 0 Å². The fourth-order valence-electron chi connectivity index (χ4n) is 1.24. The molecule has 0 radical (unpaired) electrons. The number of nitrogens with zero attached hydrogens (tertiary/aromatic N) is 1. The van der Waals surface area contributed by atoms with Crippen molar-refractivity contribution in [2.75, 3.05) is 19.4 Å². The summed E-state index contributed by atoms with van der Waals surface area (Å²) < 4.78 is 31.0. The predicted octanol–water partition coefficient (Wildman–Crippen LogP) is 0.490. The maximum atomic E-state index is 11.9. The van der Waals surface area contributed by atoms with Crippen molar-refractivity contribution in [2.24, 2.45) is 0 Å². The molecule has 9 heteroatoms. The van der Waals surface area contributed by atoms with Crippen LogP contribution in [0.1, 0.15) is 6.92 Å². The first kappa shape index (κ1) is 15.3. The smallest absolute Gasteiger partial charge is 0.293 e. The summed E-state index contributed by atoms with van der Waals surface area (Å²) >= 11 is 0. The molecule has 0 saturated carbocycles. The SMILES string of the molecule is COC(C)CNS(=O)(=O)c1ccc(N)c([N+](=O)[O-])c1. The minimum absolute atomic E-state index is 0.0665. The Morgan fingerprint density at radius 3 is 2.68 bits per heavy atom. The molecule has 1 unspecified atom stereocenters. The van der Waals surface area contributed by atoms with Crippen molar-refractivity contribution in [3.63, 3.8) is 0 Å². The topological polar surface area (TPSA) is 125 Å². The Bertz CT molecular complexity index is 573. The Morgan fingerprint density at radius 2 is 2.16 bits per heavy atom. The molecule has 0 aliphatic rings. The molecule has 0 saturated heterocycles. The second-order valence-electron chi connectivity index (χ2n) is 3.88. The molecule has 19 heavy (non-hydrogen) atoms. The molecule has 1 aromatic rings. The number of nitro groups is 1. The first-order valence-corrected chi connectivity index (χ1v) is 6.82. The van der Waals surface area contributed by atoms with Crippen LogP contribution in [-0.2, 0) is 14.8 Å². The van der Waals surface area contributed by atoms with E-state index in [1.807, 2.05) is 0 Å². The molecule has 1 atom stereocenters. The minimum atomic E-state index is -3.83. The molecule has 0 aliphatic heterocycles. The van der Waals surface area contributed by atoms with E-state index in [-0.39, 0.29) is 23.2 Å². The summed E-state index contributed by atoms with van der Waals surface area (Å²) in [6.07, 6.45) is -0.307. The van der Waals surface area contributed by atoms with Crippen LogP contribution in [0.4, 0.5) is 11.4 Å². The minimum Gasteiger partial charge on any atom is -0.393 e. The maximum absolute atomic E-state index is 11.9. The largest absolute Gasteiger partial charge is 0.393 e. The number of nitrogen functional groups attached to an aromatic ring is 1. The summed E-state index contributed by atoms with van der Waals surface area (Å²) in [7, 11) is -2.38. The van der Waals surface area contributed by atoms with E-state index in [1.165, 1.54) is 19.2 Å². The third kappa shape index (κ3) is 3.88. The van der Waals surface area contributed by atoms with Crippen LogP contribution in [-0.4, -0.2) is 33.1 Å². The lowest BCUT2D eigenvalue weighted by Crippen LogP contribution is -2.31. The van der Waals surface area contributed by atoms with E-state index in [0.717, 1.165) is 6.07 Å².